The first-order valence-electron chi connectivity index (χ1n) is 6.54. The molecule has 1 heteroatoms. The molecule has 4 rings (SSSR count). The van der Waals surface area contributed by atoms with Crippen molar-refractivity contribution in [2.24, 2.45) is 0 Å². The van der Waals surface area contributed by atoms with Gasteiger partial charge in [0.25, 0.3) is 0 Å². The van der Waals surface area contributed by atoms with Gasteiger partial charge in [0, 0.05) is 0 Å². The Hall–Kier alpha value is -1.56. The van der Waals surface area contributed by atoms with Crippen molar-refractivity contribution < 1.29 is 0 Å². The normalized spacial score (nSPS) is 11.7. The third kappa shape index (κ3) is 1.66. The van der Waals surface area contributed by atoms with Gasteiger partial charge in [-0.1, -0.05) is 0 Å². The average molecular weight is 309 g/mol. The Morgan fingerprint density at radius 1 is 0.737 bits per heavy atom. The second kappa shape index (κ2) is 3.96. The van der Waals surface area contributed by atoms with Crippen LogP contribution in [0, 0.1) is 13.8 Å². The van der Waals surface area contributed by atoms with E-state index in [9.17, 15) is 0 Å². The van der Waals surface area contributed by atoms with Crippen LogP contribution >= 0.6 is 0 Å². The number of rotatable bonds is 0. The Bertz CT molecular complexity index is 929. The molecule has 0 aliphatic carbocycles. The molecule has 0 unspecified atom stereocenters. The van der Waals surface area contributed by atoms with Crippen molar-refractivity contribution in [2.45, 2.75) is 13.8 Å². The van der Waals surface area contributed by atoms with Gasteiger partial charge in [0.15, 0.2) is 0 Å². The number of hydrogen-bond acceptors (Lipinski definition) is 0. The zero-order valence-corrected chi connectivity index (χ0v) is 12.7. The Kier molecular flexibility index (Phi) is 2.35. The first kappa shape index (κ1) is 11.3. The van der Waals surface area contributed by atoms with Crippen molar-refractivity contribution in [3.8, 4) is 0 Å². The van der Waals surface area contributed by atoms with Gasteiger partial charge in [0.05, 0.1) is 0 Å². The third-order valence-corrected chi connectivity index (χ3v) is 6.18. The average Bonchev–Trinajstić information content (AvgIpc) is 2.74. The Morgan fingerprint density at radius 2 is 1.58 bits per heavy atom. The van der Waals surface area contributed by atoms with E-state index < -0.39 is 0 Å². The minimum atomic E-state index is 0.470. The Labute approximate surface area is 118 Å². The minimum absolute atomic E-state index is 0.470. The van der Waals surface area contributed by atoms with Crippen LogP contribution in [0.2, 0.25) is 0 Å². The molecule has 0 radical (unpaired) electrons. The van der Waals surface area contributed by atoms with Gasteiger partial charge in [-0.15, -0.1) is 0 Å². The molecule has 0 fully saturated rings. The van der Waals surface area contributed by atoms with Crippen molar-refractivity contribution in [3.05, 3.63) is 59.7 Å². The van der Waals surface area contributed by atoms with E-state index in [1.807, 2.05) is 0 Å². The van der Waals surface area contributed by atoms with Crippen molar-refractivity contribution in [3.63, 3.8) is 0 Å². The molecule has 4 aromatic rings. The summed E-state index contributed by atoms with van der Waals surface area (Å²) in [6.45, 7) is 4.40. The second-order valence-corrected chi connectivity index (χ2v) is 7.52. The fourth-order valence-corrected chi connectivity index (χ4v) is 5.32. The summed E-state index contributed by atoms with van der Waals surface area (Å²) in [5.41, 5.74) is 2.74. The van der Waals surface area contributed by atoms with Crippen molar-refractivity contribution in [2.75, 3.05) is 0 Å². The molecule has 0 nitrogen and oxygen atoms in total. The van der Waals surface area contributed by atoms with Gasteiger partial charge in [-0.2, -0.15) is 0 Å². The van der Waals surface area contributed by atoms with E-state index in [2.05, 4.69) is 62.4 Å². The molecule has 0 atom stereocenters. The third-order valence-electron chi connectivity index (χ3n) is 3.80. The van der Waals surface area contributed by atoms with Crippen LogP contribution in [0.3, 0.4) is 0 Å². The summed E-state index contributed by atoms with van der Waals surface area (Å²) >= 11 is 0.470. The maximum atomic E-state index is 2.42. The molecule has 0 spiro atoms. The topological polar surface area (TPSA) is 0 Å². The quantitative estimate of drug-likeness (QED) is 0.409. The van der Waals surface area contributed by atoms with E-state index >= 15 is 0 Å². The van der Waals surface area contributed by atoms with Crippen LogP contribution in [0.15, 0.2) is 48.5 Å². The summed E-state index contributed by atoms with van der Waals surface area (Å²) in [4.78, 5) is 0. The molecule has 0 bridgehead atoms. The second-order valence-electron chi connectivity index (χ2n) is 5.25. The number of hydrogen-bond donors (Lipinski definition) is 0. The Morgan fingerprint density at radius 3 is 2.47 bits per heavy atom. The fraction of sp³-hybridized carbons (Fsp3) is 0.111. The molecule has 0 saturated heterocycles. The first-order chi connectivity index (χ1) is 9.22. The van der Waals surface area contributed by atoms with E-state index in [1.54, 1.807) is 0 Å². The van der Waals surface area contributed by atoms with Gasteiger partial charge in [-0.3, -0.25) is 0 Å². The van der Waals surface area contributed by atoms with Crippen LogP contribution < -0.4 is 0 Å². The molecule has 92 valence electrons. The standard InChI is InChI=1S/C18H14Se/c1-11-7-12(2)15-10-18-16(9-13(15)8-11)14-5-3-4-6-17(14)19-18/h3-10H,1-2H3. The van der Waals surface area contributed by atoms with Crippen molar-refractivity contribution in [1.82, 2.24) is 0 Å². The SMILES string of the molecule is Cc1cc(C)c2cc3[se]c4ccccc4c3cc2c1. The zero-order chi connectivity index (χ0) is 13.0. The summed E-state index contributed by atoms with van der Waals surface area (Å²) in [6, 6.07) is 18.2. The van der Waals surface area contributed by atoms with Gasteiger partial charge in [-0.25, -0.2) is 0 Å². The van der Waals surface area contributed by atoms with Gasteiger partial charge >= 0.3 is 118 Å². The number of aryl methyl sites for hydroxylation is 2. The summed E-state index contributed by atoms with van der Waals surface area (Å²) in [6.07, 6.45) is 0. The number of benzene rings is 3. The van der Waals surface area contributed by atoms with Crippen LogP contribution in [-0.2, 0) is 0 Å². The Balaban J connectivity index is 2.25. The molecule has 1 heterocycles. The van der Waals surface area contributed by atoms with Crippen molar-refractivity contribution >= 4 is 44.6 Å². The molecule has 0 N–H and O–H groups in total. The van der Waals surface area contributed by atoms with E-state index in [1.165, 1.54) is 41.2 Å². The number of fused-ring (bicyclic) bond motifs is 4. The van der Waals surface area contributed by atoms with E-state index in [0.717, 1.165) is 0 Å². The van der Waals surface area contributed by atoms with Crippen LogP contribution in [0.1, 0.15) is 11.1 Å². The van der Waals surface area contributed by atoms with Crippen molar-refractivity contribution in [1.29, 1.82) is 0 Å². The summed E-state index contributed by atoms with van der Waals surface area (Å²) in [5.74, 6) is 0. The van der Waals surface area contributed by atoms with Crippen LogP contribution in [0.4, 0.5) is 0 Å². The fourth-order valence-electron chi connectivity index (χ4n) is 2.96. The molecule has 1 aromatic heterocycles. The molecular weight excluding hydrogens is 295 g/mol. The van der Waals surface area contributed by atoms with E-state index in [4.69, 9.17) is 0 Å². The van der Waals surface area contributed by atoms with Gasteiger partial charge in [0.1, 0.15) is 0 Å². The first-order valence-corrected chi connectivity index (χ1v) is 8.26. The zero-order valence-electron chi connectivity index (χ0n) is 11.0. The monoisotopic (exact) mass is 310 g/mol. The molecule has 19 heavy (non-hydrogen) atoms. The molecule has 0 amide bonds. The molecule has 0 aliphatic rings. The predicted molar refractivity (Wildman–Crippen MR) is 85.4 cm³/mol. The predicted octanol–water partition coefficient (Wildman–Crippen LogP) is 4.82. The van der Waals surface area contributed by atoms with Gasteiger partial charge in [0.2, 0.25) is 0 Å². The molecule has 3 aromatic carbocycles. The molecule has 0 saturated carbocycles. The maximum absolute atomic E-state index is 2.42. The summed E-state index contributed by atoms with van der Waals surface area (Å²) in [7, 11) is 0. The van der Waals surface area contributed by atoms with Gasteiger partial charge in [-0.05, 0) is 0 Å². The van der Waals surface area contributed by atoms with Crippen LogP contribution in [0.5, 0.6) is 0 Å². The van der Waals surface area contributed by atoms with E-state index in [-0.39, 0.29) is 0 Å². The summed E-state index contributed by atoms with van der Waals surface area (Å²) < 4.78 is 3.06. The van der Waals surface area contributed by atoms with Gasteiger partial charge < -0.3 is 0 Å². The molecular formula is C18H14Se. The molecule has 0 aliphatic heterocycles. The van der Waals surface area contributed by atoms with E-state index in [0.29, 0.717) is 14.5 Å². The van der Waals surface area contributed by atoms with Crippen LogP contribution in [0.25, 0.3) is 30.1 Å². The summed E-state index contributed by atoms with van der Waals surface area (Å²) in [5, 5.41) is 5.69. The van der Waals surface area contributed by atoms with Crippen LogP contribution in [-0.4, -0.2) is 14.5 Å².